The van der Waals surface area contributed by atoms with Gasteiger partial charge in [-0.2, -0.15) is 0 Å². The summed E-state index contributed by atoms with van der Waals surface area (Å²) in [5, 5.41) is 9.62. The number of hydrogen-bond donors (Lipinski definition) is 1. The molecule has 1 N–H and O–H groups in total. The predicted octanol–water partition coefficient (Wildman–Crippen LogP) is 1.77. The van der Waals surface area contributed by atoms with Crippen molar-refractivity contribution in [2.45, 2.75) is 31.3 Å². The Balaban J connectivity index is 1.62. The molecule has 2 aliphatic rings. The van der Waals surface area contributed by atoms with Gasteiger partial charge in [0.05, 0.1) is 6.10 Å². The largest absolute Gasteiger partial charge is 0.391 e. The first-order valence-corrected chi connectivity index (χ1v) is 6.77. The van der Waals surface area contributed by atoms with Crippen molar-refractivity contribution in [2.24, 2.45) is 5.92 Å². The average Bonchev–Trinajstić information content (AvgIpc) is 3.19. The molecule has 2 fully saturated rings. The summed E-state index contributed by atoms with van der Waals surface area (Å²) in [6, 6.07) is 10.3. The van der Waals surface area contributed by atoms with E-state index in [0.717, 1.165) is 25.8 Å². The third-order valence-electron chi connectivity index (χ3n) is 4.04. The Hall–Kier alpha value is -1.35. The number of carbonyl (C=O) groups is 1. The van der Waals surface area contributed by atoms with E-state index < -0.39 is 0 Å². The number of piperidine rings is 1. The van der Waals surface area contributed by atoms with Gasteiger partial charge < -0.3 is 10.0 Å². The van der Waals surface area contributed by atoms with Crippen molar-refractivity contribution in [3.63, 3.8) is 0 Å². The van der Waals surface area contributed by atoms with E-state index in [4.69, 9.17) is 0 Å². The summed E-state index contributed by atoms with van der Waals surface area (Å²) in [6.07, 6.45) is 2.40. The fourth-order valence-electron chi connectivity index (χ4n) is 2.93. The smallest absolute Gasteiger partial charge is 0.226 e. The molecule has 96 valence electrons. The number of likely N-dealkylation sites (tertiary alicyclic amines) is 1. The molecule has 0 spiro atoms. The molecule has 3 unspecified atom stereocenters. The number of aliphatic hydroxyl groups excluding tert-OH is 1. The standard InChI is InChI=1S/C15H19NO2/c17-12-7-4-8-16(10-12)15(18)14-9-13(14)11-5-2-1-3-6-11/h1-3,5-6,12-14,17H,4,7-10H2. The van der Waals surface area contributed by atoms with E-state index in [1.807, 2.05) is 23.1 Å². The maximum absolute atomic E-state index is 12.3. The fourth-order valence-corrected chi connectivity index (χ4v) is 2.93. The number of carbonyl (C=O) groups excluding carboxylic acids is 1. The van der Waals surface area contributed by atoms with E-state index in [-0.39, 0.29) is 17.9 Å². The lowest BCUT2D eigenvalue weighted by Crippen LogP contribution is -2.43. The maximum atomic E-state index is 12.3. The van der Waals surface area contributed by atoms with E-state index in [0.29, 0.717) is 12.5 Å². The van der Waals surface area contributed by atoms with E-state index in [9.17, 15) is 9.90 Å². The van der Waals surface area contributed by atoms with Crippen LogP contribution in [0.25, 0.3) is 0 Å². The summed E-state index contributed by atoms with van der Waals surface area (Å²) in [5.74, 6) is 0.790. The Bertz CT molecular complexity index is 431. The summed E-state index contributed by atoms with van der Waals surface area (Å²) in [6.45, 7) is 1.34. The van der Waals surface area contributed by atoms with Crippen molar-refractivity contribution >= 4 is 5.91 Å². The molecule has 3 nitrogen and oxygen atoms in total. The van der Waals surface area contributed by atoms with Crippen LogP contribution in [0.4, 0.5) is 0 Å². The zero-order chi connectivity index (χ0) is 12.5. The maximum Gasteiger partial charge on any atom is 0.226 e. The second-order valence-corrected chi connectivity index (χ2v) is 5.44. The number of amides is 1. The second-order valence-electron chi connectivity index (χ2n) is 5.44. The van der Waals surface area contributed by atoms with Gasteiger partial charge in [0.1, 0.15) is 0 Å². The van der Waals surface area contributed by atoms with Crippen molar-refractivity contribution in [3.8, 4) is 0 Å². The molecule has 0 bridgehead atoms. The van der Waals surface area contributed by atoms with Gasteiger partial charge >= 0.3 is 0 Å². The first-order valence-electron chi connectivity index (χ1n) is 6.77. The molecule has 0 aromatic heterocycles. The monoisotopic (exact) mass is 245 g/mol. The minimum absolute atomic E-state index is 0.151. The van der Waals surface area contributed by atoms with E-state index >= 15 is 0 Å². The van der Waals surface area contributed by atoms with Crippen LogP contribution in [0, 0.1) is 5.92 Å². The topological polar surface area (TPSA) is 40.5 Å². The number of rotatable bonds is 2. The van der Waals surface area contributed by atoms with Gasteiger partial charge in [-0.1, -0.05) is 30.3 Å². The van der Waals surface area contributed by atoms with Crippen molar-refractivity contribution in [1.29, 1.82) is 0 Å². The highest BCUT2D eigenvalue weighted by Crippen LogP contribution is 2.48. The van der Waals surface area contributed by atoms with Crippen molar-refractivity contribution < 1.29 is 9.90 Å². The van der Waals surface area contributed by atoms with Gasteiger partial charge in [0.25, 0.3) is 0 Å². The van der Waals surface area contributed by atoms with Crippen molar-refractivity contribution in [2.75, 3.05) is 13.1 Å². The minimum atomic E-state index is -0.323. The van der Waals surface area contributed by atoms with Crippen LogP contribution in [0.5, 0.6) is 0 Å². The molecular weight excluding hydrogens is 226 g/mol. The van der Waals surface area contributed by atoms with Crippen LogP contribution in [-0.2, 0) is 4.79 Å². The highest BCUT2D eigenvalue weighted by atomic mass is 16.3. The highest BCUT2D eigenvalue weighted by molar-refractivity contribution is 5.83. The van der Waals surface area contributed by atoms with E-state index in [2.05, 4.69) is 12.1 Å². The van der Waals surface area contributed by atoms with E-state index in [1.54, 1.807) is 0 Å². The van der Waals surface area contributed by atoms with Crippen molar-refractivity contribution in [3.05, 3.63) is 35.9 Å². The first-order chi connectivity index (χ1) is 8.75. The van der Waals surface area contributed by atoms with Gasteiger partial charge in [-0.3, -0.25) is 4.79 Å². The zero-order valence-electron chi connectivity index (χ0n) is 10.5. The van der Waals surface area contributed by atoms with Crippen LogP contribution in [0.1, 0.15) is 30.7 Å². The summed E-state index contributed by atoms with van der Waals surface area (Å²) >= 11 is 0. The van der Waals surface area contributed by atoms with Gasteiger partial charge in [-0.05, 0) is 30.7 Å². The Kier molecular flexibility index (Phi) is 3.08. The molecule has 1 aliphatic carbocycles. The lowest BCUT2D eigenvalue weighted by molar-refractivity contribution is -0.135. The lowest BCUT2D eigenvalue weighted by Gasteiger charge is -2.30. The van der Waals surface area contributed by atoms with E-state index in [1.165, 1.54) is 5.56 Å². The quantitative estimate of drug-likeness (QED) is 0.862. The molecule has 1 aromatic carbocycles. The third-order valence-corrected chi connectivity index (χ3v) is 4.04. The van der Waals surface area contributed by atoms with Crippen LogP contribution >= 0.6 is 0 Å². The Labute approximate surface area is 107 Å². The van der Waals surface area contributed by atoms with Gasteiger partial charge in [-0.25, -0.2) is 0 Å². The molecule has 1 saturated carbocycles. The zero-order valence-corrected chi connectivity index (χ0v) is 10.5. The first kappa shape index (κ1) is 11.7. The molecule has 3 rings (SSSR count). The number of benzene rings is 1. The molecule has 1 aliphatic heterocycles. The predicted molar refractivity (Wildman–Crippen MR) is 69.1 cm³/mol. The highest BCUT2D eigenvalue weighted by Gasteiger charge is 2.46. The molecule has 18 heavy (non-hydrogen) atoms. The molecule has 1 amide bonds. The van der Waals surface area contributed by atoms with Gasteiger partial charge in [0, 0.05) is 19.0 Å². The van der Waals surface area contributed by atoms with Gasteiger partial charge in [0.15, 0.2) is 0 Å². The van der Waals surface area contributed by atoms with Gasteiger partial charge in [-0.15, -0.1) is 0 Å². The molecule has 3 heteroatoms. The summed E-state index contributed by atoms with van der Waals surface area (Å²) in [7, 11) is 0. The fraction of sp³-hybridized carbons (Fsp3) is 0.533. The second kappa shape index (κ2) is 4.73. The summed E-state index contributed by atoms with van der Waals surface area (Å²) < 4.78 is 0. The van der Waals surface area contributed by atoms with Crippen LogP contribution < -0.4 is 0 Å². The Morgan fingerprint density at radius 3 is 2.78 bits per heavy atom. The molecule has 1 saturated heterocycles. The number of hydrogen-bond acceptors (Lipinski definition) is 2. The molecule has 1 heterocycles. The minimum Gasteiger partial charge on any atom is -0.391 e. The molecule has 3 atom stereocenters. The average molecular weight is 245 g/mol. The van der Waals surface area contributed by atoms with Crippen LogP contribution in [0.3, 0.4) is 0 Å². The number of aliphatic hydroxyl groups is 1. The molecular formula is C15H19NO2. The number of nitrogens with zero attached hydrogens (tertiary/aromatic N) is 1. The Morgan fingerprint density at radius 2 is 2.06 bits per heavy atom. The van der Waals surface area contributed by atoms with Crippen LogP contribution in [0.2, 0.25) is 0 Å². The van der Waals surface area contributed by atoms with Gasteiger partial charge in [0.2, 0.25) is 5.91 Å². The van der Waals surface area contributed by atoms with Crippen LogP contribution in [-0.4, -0.2) is 35.1 Å². The molecule has 1 aromatic rings. The summed E-state index contributed by atoms with van der Waals surface area (Å²) in [5.41, 5.74) is 1.27. The normalized spacial score (nSPS) is 31.2. The number of β-amino-alcohol motifs (C(OH)–C–C–N with tert-alkyl or cyclic N) is 1. The molecule has 0 radical (unpaired) electrons. The Morgan fingerprint density at radius 1 is 1.28 bits per heavy atom. The SMILES string of the molecule is O=C(C1CC1c1ccccc1)N1CCCC(O)C1. The van der Waals surface area contributed by atoms with Crippen molar-refractivity contribution in [1.82, 2.24) is 4.90 Å². The third kappa shape index (κ3) is 2.27. The summed E-state index contributed by atoms with van der Waals surface area (Å²) in [4.78, 5) is 14.2. The lowest BCUT2D eigenvalue weighted by atomic mass is 10.1. The van der Waals surface area contributed by atoms with Crippen LogP contribution in [0.15, 0.2) is 30.3 Å².